The normalized spacial score (nSPS) is 16.4. The average Bonchev–Trinajstić information content (AvgIpc) is 2.45. The highest BCUT2D eigenvalue weighted by Crippen LogP contribution is 2.22. The van der Waals surface area contributed by atoms with Crippen LogP contribution in [-0.4, -0.2) is 34.4 Å². The number of rotatable bonds is 7. The molecule has 0 aliphatic rings. The van der Waals surface area contributed by atoms with E-state index in [-0.39, 0.29) is 29.1 Å². The summed E-state index contributed by atoms with van der Waals surface area (Å²) in [5.74, 6) is -1.52. The minimum atomic E-state index is -1.16. The number of carbonyl (C=O) groups is 2. The van der Waals surface area contributed by atoms with E-state index in [2.05, 4.69) is 0 Å². The molecule has 0 aliphatic carbocycles. The number of hydrogen-bond donors (Lipinski definition) is 2. The average molecular weight is 308 g/mol. The molecule has 22 heavy (non-hydrogen) atoms. The van der Waals surface area contributed by atoms with Crippen LogP contribution >= 0.6 is 0 Å². The zero-order valence-electron chi connectivity index (χ0n) is 13.4. The third-order valence-electron chi connectivity index (χ3n) is 4.05. The smallest absolute Gasteiger partial charge is 0.339 e. The fourth-order valence-electron chi connectivity index (χ4n) is 2.36. The summed E-state index contributed by atoms with van der Waals surface area (Å²) in [5, 5.41) is 18.7. The summed E-state index contributed by atoms with van der Waals surface area (Å²) in [4.78, 5) is 23.2. The summed E-state index contributed by atoms with van der Waals surface area (Å²) < 4.78 is 5.34. The van der Waals surface area contributed by atoms with Crippen LogP contribution in [0.1, 0.15) is 54.8 Å². The molecule has 0 amide bonds. The molecular weight excluding hydrogens is 284 g/mol. The highest BCUT2D eigenvalue weighted by atomic mass is 16.5. The number of hydrogen-bond acceptors (Lipinski definition) is 4. The van der Waals surface area contributed by atoms with Gasteiger partial charge in [0.05, 0.1) is 23.3 Å². The standard InChI is InChI=1S/C17H24O5/c1-10(12(3)13(4)18)9-11(2)22-17(21)15-8-6-5-7-14(15)16(19)20/h5-8,10-13,18H,9H2,1-4H3,(H,19,20). The molecule has 1 rings (SSSR count). The zero-order chi connectivity index (χ0) is 16.9. The molecule has 0 saturated carbocycles. The van der Waals surface area contributed by atoms with Crippen LogP contribution in [0.5, 0.6) is 0 Å². The van der Waals surface area contributed by atoms with Gasteiger partial charge in [0.2, 0.25) is 0 Å². The van der Waals surface area contributed by atoms with E-state index in [1.54, 1.807) is 26.0 Å². The van der Waals surface area contributed by atoms with Crippen LogP contribution in [-0.2, 0) is 4.74 Å². The molecule has 0 aliphatic heterocycles. The van der Waals surface area contributed by atoms with Gasteiger partial charge in [-0.3, -0.25) is 0 Å². The molecule has 5 heteroatoms. The lowest BCUT2D eigenvalue weighted by atomic mass is 9.87. The van der Waals surface area contributed by atoms with Crippen LogP contribution in [0, 0.1) is 11.8 Å². The van der Waals surface area contributed by atoms with Crippen molar-refractivity contribution < 1.29 is 24.5 Å². The van der Waals surface area contributed by atoms with Crippen LogP contribution in [0.3, 0.4) is 0 Å². The second-order valence-corrected chi connectivity index (χ2v) is 5.88. The van der Waals surface area contributed by atoms with Crippen molar-refractivity contribution in [1.29, 1.82) is 0 Å². The molecule has 0 bridgehead atoms. The Hall–Kier alpha value is -1.88. The third kappa shape index (κ3) is 4.84. The molecule has 0 heterocycles. The quantitative estimate of drug-likeness (QED) is 0.757. The number of aliphatic hydroxyl groups excluding tert-OH is 1. The Morgan fingerprint density at radius 1 is 1.09 bits per heavy atom. The highest BCUT2D eigenvalue weighted by molar-refractivity contribution is 6.02. The molecule has 1 aromatic rings. The highest BCUT2D eigenvalue weighted by Gasteiger charge is 2.23. The van der Waals surface area contributed by atoms with Crippen molar-refractivity contribution in [3.63, 3.8) is 0 Å². The van der Waals surface area contributed by atoms with Crippen molar-refractivity contribution in [3.8, 4) is 0 Å². The van der Waals surface area contributed by atoms with Crippen molar-refractivity contribution in [3.05, 3.63) is 35.4 Å². The van der Waals surface area contributed by atoms with E-state index in [0.29, 0.717) is 6.42 Å². The van der Waals surface area contributed by atoms with Gasteiger partial charge in [0, 0.05) is 0 Å². The van der Waals surface area contributed by atoms with E-state index in [1.807, 2.05) is 13.8 Å². The fourth-order valence-corrected chi connectivity index (χ4v) is 2.36. The number of carboxylic acid groups (broad SMARTS) is 1. The molecule has 0 fully saturated rings. The number of benzene rings is 1. The molecule has 0 saturated heterocycles. The Morgan fingerprint density at radius 3 is 2.14 bits per heavy atom. The van der Waals surface area contributed by atoms with Crippen LogP contribution in [0.15, 0.2) is 24.3 Å². The van der Waals surface area contributed by atoms with Crippen LogP contribution in [0.25, 0.3) is 0 Å². The molecule has 1 aromatic carbocycles. The van der Waals surface area contributed by atoms with Crippen molar-refractivity contribution in [2.45, 2.75) is 46.3 Å². The largest absolute Gasteiger partial charge is 0.478 e. The maximum atomic E-state index is 12.1. The lowest BCUT2D eigenvalue weighted by Gasteiger charge is -2.25. The number of aromatic carboxylic acids is 1. The molecule has 4 atom stereocenters. The Labute approximate surface area is 130 Å². The van der Waals surface area contributed by atoms with Crippen molar-refractivity contribution in [1.82, 2.24) is 0 Å². The van der Waals surface area contributed by atoms with Crippen molar-refractivity contribution in [2.75, 3.05) is 0 Å². The van der Waals surface area contributed by atoms with E-state index in [1.165, 1.54) is 12.1 Å². The molecular formula is C17H24O5. The lowest BCUT2D eigenvalue weighted by molar-refractivity contribution is 0.0220. The second-order valence-electron chi connectivity index (χ2n) is 5.88. The van der Waals surface area contributed by atoms with Gasteiger partial charge in [-0.2, -0.15) is 0 Å². The second kappa shape index (κ2) is 7.94. The maximum Gasteiger partial charge on any atom is 0.339 e. The van der Waals surface area contributed by atoms with Gasteiger partial charge < -0.3 is 14.9 Å². The molecule has 2 N–H and O–H groups in total. The van der Waals surface area contributed by atoms with Gasteiger partial charge in [-0.25, -0.2) is 9.59 Å². The van der Waals surface area contributed by atoms with Crippen LogP contribution in [0.2, 0.25) is 0 Å². The van der Waals surface area contributed by atoms with Gasteiger partial charge in [0.25, 0.3) is 0 Å². The van der Waals surface area contributed by atoms with E-state index in [9.17, 15) is 14.7 Å². The van der Waals surface area contributed by atoms with Gasteiger partial charge in [-0.15, -0.1) is 0 Å². The minimum Gasteiger partial charge on any atom is -0.478 e. The molecule has 5 nitrogen and oxygen atoms in total. The van der Waals surface area contributed by atoms with Crippen molar-refractivity contribution in [2.24, 2.45) is 11.8 Å². The molecule has 122 valence electrons. The summed E-state index contributed by atoms with van der Waals surface area (Å²) in [5.41, 5.74) is -0.0109. The molecule has 4 unspecified atom stereocenters. The predicted octanol–water partition coefficient (Wildman–Crippen LogP) is 2.97. The van der Waals surface area contributed by atoms with Crippen molar-refractivity contribution >= 4 is 11.9 Å². The summed E-state index contributed by atoms with van der Waals surface area (Å²) in [6.07, 6.45) is -0.177. The lowest BCUT2D eigenvalue weighted by Crippen LogP contribution is -2.26. The summed E-state index contributed by atoms with van der Waals surface area (Å²) in [6, 6.07) is 5.99. The summed E-state index contributed by atoms with van der Waals surface area (Å²) in [6.45, 7) is 7.45. The van der Waals surface area contributed by atoms with Gasteiger partial charge in [-0.05, 0) is 44.2 Å². The topological polar surface area (TPSA) is 83.8 Å². The molecule has 0 radical (unpaired) electrons. The molecule has 0 aromatic heterocycles. The van der Waals surface area contributed by atoms with E-state index in [4.69, 9.17) is 9.84 Å². The monoisotopic (exact) mass is 308 g/mol. The summed E-state index contributed by atoms with van der Waals surface area (Å²) in [7, 11) is 0. The Morgan fingerprint density at radius 2 is 1.64 bits per heavy atom. The zero-order valence-corrected chi connectivity index (χ0v) is 13.4. The first-order valence-electron chi connectivity index (χ1n) is 7.45. The number of esters is 1. The van der Waals surface area contributed by atoms with E-state index < -0.39 is 18.0 Å². The number of carbonyl (C=O) groups excluding carboxylic acids is 1. The predicted molar refractivity (Wildman–Crippen MR) is 82.9 cm³/mol. The summed E-state index contributed by atoms with van der Waals surface area (Å²) >= 11 is 0. The third-order valence-corrected chi connectivity index (χ3v) is 4.05. The Balaban J connectivity index is 2.71. The number of aliphatic hydroxyl groups is 1. The first-order chi connectivity index (χ1) is 10.2. The van der Waals surface area contributed by atoms with Crippen LogP contribution < -0.4 is 0 Å². The first kappa shape index (κ1) is 18.2. The SMILES string of the molecule is CC(CC(C)C(C)C(C)O)OC(=O)c1ccccc1C(=O)O. The number of ether oxygens (including phenoxy) is 1. The van der Waals surface area contributed by atoms with E-state index in [0.717, 1.165) is 0 Å². The maximum absolute atomic E-state index is 12.1. The van der Waals surface area contributed by atoms with Gasteiger partial charge >= 0.3 is 11.9 Å². The fraction of sp³-hybridized carbons (Fsp3) is 0.529. The van der Waals surface area contributed by atoms with Gasteiger partial charge in [0.15, 0.2) is 0 Å². The van der Waals surface area contributed by atoms with E-state index >= 15 is 0 Å². The van der Waals surface area contributed by atoms with Gasteiger partial charge in [0.1, 0.15) is 0 Å². The van der Waals surface area contributed by atoms with Crippen LogP contribution in [0.4, 0.5) is 0 Å². The number of carboxylic acids is 1. The Kier molecular flexibility index (Phi) is 6.56. The minimum absolute atomic E-state index is 0.0538. The van der Waals surface area contributed by atoms with Gasteiger partial charge in [-0.1, -0.05) is 26.0 Å². The Bertz CT molecular complexity index is 524. The first-order valence-corrected chi connectivity index (χ1v) is 7.45. The molecule has 0 spiro atoms.